The summed E-state index contributed by atoms with van der Waals surface area (Å²) in [7, 11) is 0. The minimum absolute atomic E-state index is 0.300. The molecule has 0 unspecified atom stereocenters. The molecule has 0 bridgehead atoms. The van der Waals surface area contributed by atoms with E-state index in [9.17, 15) is 4.39 Å². The van der Waals surface area contributed by atoms with E-state index in [0.29, 0.717) is 17.3 Å². The summed E-state index contributed by atoms with van der Waals surface area (Å²) >= 11 is 0. The van der Waals surface area contributed by atoms with E-state index in [1.54, 1.807) is 18.3 Å². The Morgan fingerprint density at radius 3 is 2.16 bits per heavy atom. The molecule has 0 spiro atoms. The monoisotopic (exact) mass is 255 g/mol. The number of pyridine rings is 1. The molecular weight excluding hydrogens is 245 g/mol. The van der Waals surface area contributed by atoms with E-state index in [1.165, 1.54) is 12.1 Å². The van der Waals surface area contributed by atoms with Gasteiger partial charge in [0.05, 0.1) is 5.56 Å². The molecule has 0 aliphatic heterocycles. The first-order chi connectivity index (χ1) is 9.22. The Balaban J connectivity index is 1.95. The summed E-state index contributed by atoms with van der Waals surface area (Å²) in [5.74, 6) is 0.452. The minimum atomic E-state index is -0.300. The third kappa shape index (κ3) is 2.35. The fourth-order valence-electron chi connectivity index (χ4n) is 1.64. The maximum absolute atomic E-state index is 12.8. The Hall–Kier alpha value is -2.56. The summed E-state index contributed by atoms with van der Waals surface area (Å²) in [5.41, 5.74) is 2.36. The van der Waals surface area contributed by atoms with E-state index in [1.807, 2.05) is 19.1 Å². The molecule has 0 saturated heterocycles. The quantitative estimate of drug-likeness (QED) is 0.705. The van der Waals surface area contributed by atoms with Crippen molar-refractivity contribution in [3.63, 3.8) is 0 Å². The Bertz CT molecular complexity index is 629. The molecule has 19 heavy (non-hydrogen) atoms. The molecule has 0 fully saturated rings. The molecule has 2 aromatic heterocycles. The second kappa shape index (κ2) is 4.61. The van der Waals surface area contributed by atoms with Gasteiger partial charge in [-0.15, -0.1) is 10.2 Å². The Kier molecular flexibility index (Phi) is 2.79. The number of aromatic nitrogens is 3. The molecule has 3 aromatic rings. The van der Waals surface area contributed by atoms with Crippen LogP contribution in [0.25, 0.3) is 22.9 Å². The van der Waals surface area contributed by atoms with Crippen LogP contribution in [-0.2, 0) is 0 Å². The van der Waals surface area contributed by atoms with Crippen LogP contribution < -0.4 is 0 Å². The van der Waals surface area contributed by atoms with Gasteiger partial charge in [-0.25, -0.2) is 4.39 Å². The van der Waals surface area contributed by atoms with Crippen molar-refractivity contribution >= 4 is 0 Å². The van der Waals surface area contributed by atoms with Crippen molar-refractivity contribution in [1.29, 1.82) is 0 Å². The third-order valence-electron chi connectivity index (χ3n) is 2.67. The van der Waals surface area contributed by atoms with E-state index in [-0.39, 0.29) is 5.82 Å². The Morgan fingerprint density at radius 1 is 0.895 bits per heavy atom. The highest BCUT2D eigenvalue weighted by molar-refractivity contribution is 5.57. The summed E-state index contributed by atoms with van der Waals surface area (Å²) in [4.78, 5) is 4.17. The molecule has 94 valence electrons. The fraction of sp³-hybridized carbons (Fsp3) is 0.0714. The van der Waals surface area contributed by atoms with Crippen LogP contribution in [0.5, 0.6) is 0 Å². The largest absolute Gasteiger partial charge is 0.416 e. The lowest BCUT2D eigenvalue weighted by molar-refractivity contribution is 0.583. The van der Waals surface area contributed by atoms with Gasteiger partial charge >= 0.3 is 0 Å². The van der Waals surface area contributed by atoms with Gasteiger partial charge in [0.15, 0.2) is 0 Å². The fourth-order valence-corrected chi connectivity index (χ4v) is 1.64. The van der Waals surface area contributed by atoms with E-state index < -0.39 is 0 Å². The van der Waals surface area contributed by atoms with Crippen LogP contribution in [0.4, 0.5) is 4.39 Å². The molecule has 0 radical (unpaired) electrons. The van der Waals surface area contributed by atoms with Gasteiger partial charge in [-0.1, -0.05) is 0 Å². The topological polar surface area (TPSA) is 51.8 Å². The van der Waals surface area contributed by atoms with Gasteiger partial charge in [-0.05, 0) is 43.3 Å². The molecule has 0 N–H and O–H groups in total. The minimum Gasteiger partial charge on any atom is -0.416 e. The van der Waals surface area contributed by atoms with Crippen molar-refractivity contribution < 1.29 is 8.81 Å². The second-order valence-electron chi connectivity index (χ2n) is 4.11. The maximum Gasteiger partial charge on any atom is 0.249 e. The van der Waals surface area contributed by atoms with E-state index in [4.69, 9.17) is 4.42 Å². The summed E-state index contributed by atoms with van der Waals surface area (Å²) in [6, 6.07) is 9.64. The number of aryl methyl sites for hydroxylation is 1. The van der Waals surface area contributed by atoms with Gasteiger partial charge in [-0.2, -0.15) is 0 Å². The highest BCUT2D eigenvalue weighted by Gasteiger charge is 2.10. The third-order valence-corrected chi connectivity index (χ3v) is 2.67. The molecule has 0 aliphatic rings. The van der Waals surface area contributed by atoms with Gasteiger partial charge in [0.1, 0.15) is 5.82 Å². The second-order valence-corrected chi connectivity index (χ2v) is 4.11. The number of nitrogens with zero attached hydrogens (tertiary/aromatic N) is 3. The molecule has 0 saturated carbocycles. The predicted molar refractivity (Wildman–Crippen MR) is 67.7 cm³/mol. The van der Waals surface area contributed by atoms with Crippen LogP contribution in [-0.4, -0.2) is 15.2 Å². The van der Waals surface area contributed by atoms with Crippen LogP contribution >= 0.6 is 0 Å². The molecular formula is C14H10FN3O. The van der Waals surface area contributed by atoms with Gasteiger partial charge in [-0.3, -0.25) is 4.98 Å². The summed E-state index contributed by atoms with van der Waals surface area (Å²) in [6.07, 6.45) is 1.68. The number of hydrogen-bond acceptors (Lipinski definition) is 4. The summed E-state index contributed by atoms with van der Waals surface area (Å²) < 4.78 is 18.4. The highest BCUT2D eigenvalue weighted by Crippen LogP contribution is 2.23. The SMILES string of the molecule is Cc1ccc(-c2nnc(-c3ccc(F)cc3)o2)cn1. The van der Waals surface area contributed by atoms with Crippen LogP contribution in [0.3, 0.4) is 0 Å². The Labute approximate surface area is 108 Å². The molecule has 0 aliphatic carbocycles. The van der Waals surface area contributed by atoms with Gasteiger partial charge in [0.25, 0.3) is 0 Å². The van der Waals surface area contributed by atoms with Crippen LogP contribution in [0.2, 0.25) is 0 Å². The molecule has 2 heterocycles. The van der Waals surface area contributed by atoms with Crippen molar-refractivity contribution in [1.82, 2.24) is 15.2 Å². The molecule has 3 rings (SSSR count). The van der Waals surface area contributed by atoms with Crippen molar-refractivity contribution in [3.05, 3.63) is 54.1 Å². The Morgan fingerprint density at radius 2 is 1.53 bits per heavy atom. The van der Waals surface area contributed by atoms with Crippen molar-refractivity contribution in [2.24, 2.45) is 0 Å². The number of halogens is 1. The molecule has 5 heteroatoms. The van der Waals surface area contributed by atoms with E-state index >= 15 is 0 Å². The standard InChI is InChI=1S/C14H10FN3O/c1-9-2-3-11(8-16-9)14-18-17-13(19-14)10-4-6-12(15)7-5-10/h2-8H,1H3. The first-order valence-electron chi connectivity index (χ1n) is 5.75. The van der Waals surface area contributed by atoms with Crippen LogP contribution in [0, 0.1) is 12.7 Å². The summed E-state index contributed by atoms with van der Waals surface area (Å²) in [5, 5.41) is 7.91. The lowest BCUT2D eigenvalue weighted by Crippen LogP contribution is -1.82. The zero-order valence-electron chi connectivity index (χ0n) is 10.2. The van der Waals surface area contributed by atoms with E-state index in [2.05, 4.69) is 15.2 Å². The van der Waals surface area contributed by atoms with Crippen LogP contribution in [0.15, 0.2) is 47.0 Å². The molecule has 0 amide bonds. The maximum atomic E-state index is 12.8. The number of rotatable bonds is 2. The molecule has 1 aromatic carbocycles. The molecule has 0 atom stereocenters. The average molecular weight is 255 g/mol. The number of benzene rings is 1. The predicted octanol–water partition coefficient (Wildman–Crippen LogP) is 3.25. The zero-order valence-corrected chi connectivity index (χ0v) is 10.2. The number of hydrogen-bond donors (Lipinski definition) is 0. The van der Waals surface area contributed by atoms with E-state index in [0.717, 1.165) is 11.3 Å². The van der Waals surface area contributed by atoms with Crippen molar-refractivity contribution in [2.75, 3.05) is 0 Å². The average Bonchev–Trinajstić information content (AvgIpc) is 2.90. The summed E-state index contributed by atoms with van der Waals surface area (Å²) in [6.45, 7) is 1.90. The smallest absolute Gasteiger partial charge is 0.249 e. The van der Waals surface area contributed by atoms with Gasteiger partial charge in [0.2, 0.25) is 11.8 Å². The van der Waals surface area contributed by atoms with Gasteiger partial charge in [0, 0.05) is 17.5 Å². The highest BCUT2D eigenvalue weighted by atomic mass is 19.1. The first kappa shape index (κ1) is 11.5. The first-order valence-corrected chi connectivity index (χ1v) is 5.75. The van der Waals surface area contributed by atoms with Crippen LogP contribution in [0.1, 0.15) is 5.69 Å². The normalized spacial score (nSPS) is 10.6. The van der Waals surface area contributed by atoms with Crippen molar-refractivity contribution in [2.45, 2.75) is 6.92 Å². The van der Waals surface area contributed by atoms with Gasteiger partial charge < -0.3 is 4.42 Å². The lowest BCUT2D eigenvalue weighted by atomic mass is 10.2. The zero-order chi connectivity index (χ0) is 13.2. The lowest BCUT2D eigenvalue weighted by Gasteiger charge is -1.95. The van der Waals surface area contributed by atoms with Crippen molar-refractivity contribution in [3.8, 4) is 22.9 Å². The molecule has 4 nitrogen and oxygen atoms in total.